The number of benzene rings is 4. The number of fused-ring (bicyclic) bond motifs is 2. The third-order valence-electron chi connectivity index (χ3n) is 4.65. The van der Waals surface area contributed by atoms with E-state index in [0.717, 1.165) is 23.6 Å². The van der Waals surface area contributed by atoms with Gasteiger partial charge in [0.1, 0.15) is 22.0 Å². The van der Waals surface area contributed by atoms with E-state index in [2.05, 4.69) is 10.2 Å². The van der Waals surface area contributed by atoms with E-state index in [1.54, 1.807) is 30.3 Å². The van der Waals surface area contributed by atoms with Gasteiger partial charge in [-0.3, -0.25) is 14.7 Å². The van der Waals surface area contributed by atoms with Gasteiger partial charge in [-0.25, -0.2) is 0 Å². The Labute approximate surface area is 174 Å². The molecule has 0 aromatic heterocycles. The number of hydrogen-bond donors (Lipinski definition) is 3. The van der Waals surface area contributed by atoms with E-state index in [-0.39, 0.29) is 33.6 Å². The molecule has 0 aliphatic heterocycles. The van der Waals surface area contributed by atoms with Crippen molar-refractivity contribution < 1.29 is 28.1 Å². The monoisotopic (exact) mass is 439 g/mol. The predicted molar refractivity (Wildman–Crippen MR) is 112 cm³/mol. The fourth-order valence-corrected chi connectivity index (χ4v) is 3.82. The van der Waals surface area contributed by atoms with E-state index in [9.17, 15) is 33.3 Å². The lowest BCUT2D eigenvalue weighted by Gasteiger charge is -2.09. The van der Waals surface area contributed by atoms with E-state index in [1.807, 2.05) is 0 Å². The normalized spacial score (nSPS) is 12.0. The number of phenolic OH excluding ortho intramolecular Hbond substituents is 2. The number of phenols is 2. The van der Waals surface area contributed by atoms with Crippen LogP contribution in [0.25, 0.3) is 21.5 Å². The zero-order chi connectivity index (χ0) is 22.3. The Kier molecular flexibility index (Phi) is 4.76. The second-order valence-electron chi connectivity index (χ2n) is 6.56. The number of nitro groups is 1. The molecule has 0 fully saturated rings. The Morgan fingerprint density at radius 3 is 2.23 bits per heavy atom. The second-order valence-corrected chi connectivity index (χ2v) is 7.95. The number of hydrogen-bond acceptors (Lipinski definition) is 8. The summed E-state index contributed by atoms with van der Waals surface area (Å²) in [6.45, 7) is 0. The van der Waals surface area contributed by atoms with Crippen molar-refractivity contribution in [1.82, 2.24) is 0 Å². The molecular formula is C20H13N3O7S. The zero-order valence-electron chi connectivity index (χ0n) is 15.5. The molecule has 0 radical (unpaired) electrons. The van der Waals surface area contributed by atoms with Crippen molar-refractivity contribution in [2.24, 2.45) is 10.2 Å². The molecule has 4 aromatic carbocycles. The van der Waals surface area contributed by atoms with Gasteiger partial charge < -0.3 is 10.2 Å². The highest BCUT2D eigenvalue weighted by Crippen LogP contribution is 2.43. The van der Waals surface area contributed by atoms with Crippen LogP contribution in [0.2, 0.25) is 0 Å². The number of nitrogens with zero attached hydrogens (tertiary/aromatic N) is 3. The summed E-state index contributed by atoms with van der Waals surface area (Å²) in [6.07, 6.45) is 0. The van der Waals surface area contributed by atoms with Gasteiger partial charge in [0.25, 0.3) is 15.8 Å². The third kappa shape index (κ3) is 3.63. The first-order valence-corrected chi connectivity index (χ1v) is 10.1. The lowest BCUT2D eigenvalue weighted by molar-refractivity contribution is -0.384. The van der Waals surface area contributed by atoms with Crippen LogP contribution in [0.4, 0.5) is 17.1 Å². The molecule has 0 aliphatic rings. The Balaban J connectivity index is 2.00. The largest absolute Gasteiger partial charge is 0.506 e. The summed E-state index contributed by atoms with van der Waals surface area (Å²) < 4.78 is 32.9. The highest BCUT2D eigenvalue weighted by atomic mass is 32.2. The molecule has 0 spiro atoms. The standard InChI is InChI=1S/C20H13N3O7S/c24-16-8-5-11-3-1-2-4-14(11)18(16)21-22-19-15-7-6-13(23(26)27)9-12(15)10-17(20(19)25)31(28,29)30/h1-10,24-25H,(H,28,29,30). The molecule has 0 aliphatic carbocycles. The second kappa shape index (κ2) is 7.31. The smallest absolute Gasteiger partial charge is 0.298 e. The number of nitro benzene ring substituents is 1. The van der Waals surface area contributed by atoms with Gasteiger partial charge in [-0.05, 0) is 29.0 Å². The van der Waals surface area contributed by atoms with Crippen LogP contribution in [-0.4, -0.2) is 28.1 Å². The molecule has 0 unspecified atom stereocenters. The minimum atomic E-state index is -4.88. The summed E-state index contributed by atoms with van der Waals surface area (Å²) in [5.41, 5.74) is -0.591. The Bertz CT molecular complexity index is 1510. The average molecular weight is 439 g/mol. The molecule has 31 heavy (non-hydrogen) atoms. The molecule has 3 N–H and O–H groups in total. The van der Waals surface area contributed by atoms with Crippen molar-refractivity contribution in [2.75, 3.05) is 0 Å². The third-order valence-corrected chi connectivity index (χ3v) is 5.52. The van der Waals surface area contributed by atoms with Gasteiger partial charge in [-0.15, -0.1) is 10.2 Å². The van der Waals surface area contributed by atoms with Gasteiger partial charge in [-0.2, -0.15) is 8.42 Å². The first-order chi connectivity index (χ1) is 14.7. The Morgan fingerprint density at radius 2 is 1.52 bits per heavy atom. The van der Waals surface area contributed by atoms with Gasteiger partial charge in [0.05, 0.1) is 4.92 Å². The van der Waals surface area contributed by atoms with Crippen molar-refractivity contribution >= 4 is 48.7 Å². The van der Waals surface area contributed by atoms with Gasteiger partial charge in [0.15, 0.2) is 5.75 Å². The molecule has 4 rings (SSSR count). The van der Waals surface area contributed by atoms with Crippen molar-refractivity contribution in [3.63, 3.8) is 0 Å². The lowest BCUT2D eigenvalue weighted by Crippen LogP contribution is -1.99. The molecule has 0 amide bonds. The molecule has 11 heteroatoms. The molecule has 10 nitrogen and oxygen atoms in total. The lowest BCUT2D eigenvalue weighted by atomic mass is 10.1. The van der Waals surface area contributed by atoms with Crippen LogP contribution in [0.1, 0.15) is 0 Å². The van der Waals surface area contributed by atoms with Crippen LogP contribution in [0.5, 0.6) is 11.5 Å². The quantitative estimate of drug-likeness (QED) is 0.175. The number of azo groups is 1. The van der Waals surface area contributed by atoms with Crippen LogP contribution in [-0.2, 0) is 10.1 Å². The predicted octanol–water partition coefficient (Wildman–Crippen LogP) is 4.97. The maximum atomic E-state index is 11.7. The molecular weight excluding hydrogens is 426 g/mol. The molecule has 0 bridgehead atoms. The summed E-state index contributed by atoms with van der Waals surface area (Å²) in [5.74, 6) is -1.08. The highest BCUT2D eigenvalue weighted by Gasteiger charge is 2.23. The van der Waals surface area contributed by atoms with Crippen LogP contribution < -0.4 is 0 Å². The fourth-order valence-electron chi connectivity index (χ4n) is 3.20. The topological polar surface area (TPSA) is 163 Å². The van der Waals surface area contributed by atoms with Crippen molar-refractivity contribution in [2.45, 2.75) is 4.90 Å². The minimum absolute atomic E-state index is 0.0377. The fraction of sp³-hybridized carbons (Fsp3) is 0. The van der Waals surface area contributed by atoms with E-state index >= 15 is 0 Å². The van der Waals surface area contributed by atoms with Gasteiger partial charge in [-0.1, -0.05) is 30.3 Å². The molecule has 156 valence electrons. The van der Waals surface area contributed by atoms with Crippen LogP contribution >= 0.6 is 0 Å². The molecule has 4 aromatic rings. The van der Waals surface area contributed by atoms with E-state index in [1.165, 1.54) is 12.1 Å². The molecule has 0 heterocycles. The summed E-state index contributed by atoms with van der Waals surface area (Å²) >= 11 is 0. The molecule has 0 atom stereocenters. The zero-order valence-corrected chi connectivity index (χ0v) is 16.3. The maximum absolute atomic E-state index is 11.7. The first-order valence-electron chi connectivity index (χ1n) is 8.71. The van der Waals surface area contributed by atoms with Crippen molar-refractivity contribution in [1.29, 1.82) is 0 Å². The van der Waals surface area contributed by atoms with E-state index in [4.69, 9.17) is 0 Å². The number of non-ortho nitro benzene ring substituents is 1. The Morgan fingerprint density at radius 1 is 0.839 bits per heavy atom. The van der Waals surface area contributed by atoms with Crippen LogP contribution in [0.3, 0.4) is 0 Å². The van der Waals surface area contributed by atoms with Gasteiger partial charge in [0, 0.05) is 22.9 Å². The van der Waals surface area contributed by atoms with Crippen LogP contribution in [0, 0.1) is 10.1 Å². The highest BCUT2D eigenvalue weighted by molar-refractivity contribution is 7.86. The van der Waals surface area contributed by atoms with Crippen molar-refractivity contribution in [3.8, 4) is 11.5 Å². The van der Waals surface area contributed by atoms with Crippen LogP contribution in [0.15, 0.2) is 75.8 Å². The SMILES string of the molecule is O=[N+]([O-])c1ccc2c(N=Nc3c(O)ccc4ccccc34)c(O)c(S(=O)(=O)O)cc2c1. The number of aromatic hydroxyl groups is 2. The summed E-state index contributed by atoms with van der Waals surface area (Å²) in [6, 6.07) is 14.5. The van der Waals surface area contributed by atoms with E-state index < -0.39 is 25.7 Å². The summed E-state index contributed by atoms with van der Waals surface area (Å²) in [7, 11) is -4.88. The summed E-state index contributed by atoms with van der Waals surface area (Å²) in [5, 5.41) is 41.2. The minimum Gasteiger partial charge on any atom is -0.506 e. The first kappa shape index (κ1) is 20.2. The number of rotatable bonds is 4. The molecule has 0 saturated carbocycles. The van der Waals surface area contributed by atoms with Gasteiger partial charge >= 0.3 is 0 Å². The maximum Gasteiger partial charge on any atom is 0.298 e. The van der Waals surface area contributed by atoms with Crippen molar-refractivity contribution in [3.05, 3.63) is 70.8 Å². The average Bonchev–Trinajstić information content (AvgIpc) is 2.72. The Hall–Kier alpha value is -4.09. The summed E-state index contributed by atoms with van der Waals surface area (Å²) in [4.78, 5) is 9.52. The molecule has 0 saturated heterocycles. The van der Waals surface area contributed by atoms with E-state index in [0.29, 0.717) is 5.39 Å². The van der Waals surface area contributed by atoms with Gasteiger partial charge in [0.2, 0.25) is 0 Å².